The third-order valence-corrected chi connectivity index (χ3v) is 5.20. The SMILES string of the molecule is O=C1C(=O)N(C[C@H]2CCCO2)[C@H](c2ccc(F)cc2)/C1=C(\O)c1ccccc1. The normalized spacial score (nSPS) is 24.1. The van der Waals surface area contributed by atoms with E-state index in [0.717, 1.165) is 12.8 Å². The number of carbonyl (C=O) groups excluding carboxylic acids is 2. The number of hydrogen-bond acceptors (Lipinski definition) is 4. The van der Waals surface area contributed by atoms with Gasteiger partial charge in [0.1, 0.15) is 11.6 Å². The van der Waals surface area contributed by atoms with E-state index in [1.807, 2.05) is 0 Å². The van der Waals surface area contributed by atoms with E-state index >= 15 is 0 Å². The van der Waals surface area contributed by atoms with Gasteiger partial charge in [0, 0.05) is 18.7 Å². The number of hydrogen-bond donors (Lipinski definition) is 1. The number of halogens is 1. The Morgan fingerprint density at radius 3 is 2.46 bits per heavy atom. The van der Waals surface area contributed by atoms with Gasteiger partial charge < -0.3 is 14.7 Å². The fourth-order valence-corrected chi connectivity index (χ4v) is 3.82. The number of aliphatic hydroxyl groups excluding tert-OH is 1. The molecule has 0 aromatic heterocycles. The number of ether oxygens (including phenoxy) is 1. The molecule has 2 aromatic rings. The number of ketones is 1. The Kier molecular flexibility index (Phi) is 4.96. The minimum Gasteiger partial charge on any atom is -0.507 e. The third-order valence-electron chi connectivity index (χ3n) is 5.20. The molecule has 0 radical (unpaired) electrons. The minimum atomic E-state index is -0.787. The number of nitrogens with zero attached hydrogens (tertiary/aromatic N) is 1. The van der Waals surface area contributed by atoms with Gasteiger partial charge in [0.05, 0.1) is 17.7 Å². The van der Waals surface area contributed by atoms with Gasteiger partial charge in [-0.1, -0.05) is 42.5 Å². The van der Waals surface area contributed by atoms with Gasteiger partial charge in [-0.25, -0.2) is 4.39 Å². The summed E-state index contributed by atoms with van der Waals surface area (Å²) in [4.78, 5) is 27.1. The zero-order valence-corrected chi connectivity index (χ0v) is 15.2. The largest absolute Gasteiger partial charge is 0.507 e. The van der Waals surface area contributed by atoms with Crippen LogP contribution in [0, 0.1) is 5.82 Å². The molecule has 1 amide bonds. The van der Waals surface area contributed by atoms with Crippen molar-refractivity contribution in [3.8, 4) is 0 Å². The molecule has 0 aliphatic carbocycles. The van der Waals surface area contributed by atoms with Crippen molar-refractivity contribution >= 4 is 17.4 Å². The predicted octanol–water partition coefficient (Wildman–Crippen LogP) is 3.43. The topological polar surface area (TPSA) is 66.8 Å². The molecule has 2 aromatic carbocycles. The molecule has 4 rings (SSSR count). The van der Waals surface area contributed by atoms with Crippen molar-refractivity contribution in [1.29, 1.82) is 0 Å². The Labute approximate surface area is 162 Å². The van der Waals surface area contributed by atoms with E-state index in [2.05, 4.69) is 0 Å². The van der Waals surface area contributed by atoms with Gasteiger partial charge in [-0.2, -0.15) is 0 Å². The summed E-state index contributed by atoms with van der Waals surface area (Å²) in [6.45, 7) is 0.873. The van der Waals surface area contributed by atoms with Gasteiger partial charge in [-0.05, 0) is 30.5 Å². The van der Waals surface area contributed by atoms with E-state index in [4.69, 9.17) is 4.74 Å². The first-order valence-electron chi connectivity index (χ1n) is 9.27. The number of aliphatic hydroxyl groups is 1. The summed E-state index contributed by atoms with van der Waals surface area (Å²) in [6, 6.07) is 13.5. The maximum absolute atomic E-state index is 13.4. The number of rotatable bonds is 4. The summed E-state index contributed by atoms with van der Waals surface area (Å²) in [7, 11) is 0. The molecule has 5 nitrogen and oxygen atoms in total. The van der Waals surface area contributed by atoms with E-state index in [-0.39, 0.29) is 24.0 Å². The second kappa shape index (κ2) is 7.56. The van der Waals surface area contributed by atoms with Crippen LogP contribution in [0.3, 0.4) is 0 Å². The first kappa shape index (κ1) is 18.4. The lowest BCUT2D eigenvalue weighted by Gasteiger charge is -2.27. The van der Waals surface area contributed by atoms with Crippen molar-refractivity contribution in [2.24, 2.45) is 0 Å². The van der Waals surface area contributed by atoms with Crippen LogP contribution in [0.25, 0.3) is 5.76 Å². The van der Waals surface area contributed by atoms with E-state index in [1.54, 1.807) is 30.3 Å². The second-order valence-electron chi connectivity index (χ2n) is 7.00. The molecule has 0 saturated carbocycles. The van der Waals surface area contributed by atoms with E-state index in [0.29, 0.717) is 17.7 Å². The van der Waals surface area contributed by atoms with Gasteiger partial charge in [-0.15, -0.1) is 0 Å². The van der Waals surface area contributed by atoms with Crippen LogP contribution in [-0.4, -0.2) is 41.0 Å². The second-order valence-corrected chi connectivity index (χ2v) is 7.00. The number of Topliss-reactive ketones (excluding diaryl/α,β-unsaturated/α-hetero) is 1. The maximum atomic E-state index is 13.4. The number of carbonyl (C=O) groups is 2. The van der Waals surface area contributed by atoms with Gasteiger partial charge in [0.25, 0.3) is 11.7 Å². The minimum absolute atomic E-state index is 0.0146. The summed E-state index contributed by atoms with van der Waals surface area (Å²) in [5, 5.41) is 10.8. The number of benzene rings is 2. The first-order chi connectivity index (χ1) is 13.6. The zero-order chi connectivity index (χ0) is 19.7. The maximum Gasteiger partial charge on any atom is 0.295 e. The van der Waals surface area contributed by atoms with Crippen molar-refractivity contribution in [1.82, 2.24) is 4.90 Å². The van der Waals surface area contributed by atoms with Crippen LogP contribution in [0.2, 0.25) is 0 Å². The Balaban J connectivity index is 1.81. The van der Waals surface area contributed by atoms with Crippen LogP contribution < -0.4 is 0 Å². The molecule has 2 aliphatic heterocycles. The molecule has 0 spiro atoms. The van der Waals surface area contributed by atoms with Crippen LogP contribution in [-0.2, 0) is 14.3 Å². The first-order valence-corrected chi connectivity index (χ1v) is 9.27. The highest BCUT2D eigenvalue weighted by atomic mass is 19.1. The van der Waals surface area contributed by atoms with Crippen molar-refractivity contribution in [3.05, 3.63) is 77.1 Å². The molecule has 2 fully saturated rings. The van der Waals surface area contributed by atoms with Crippen LogP contribution >= 0.6 is 0 Å². The Morgan fingerprint density at radius 2 is 1.82 bits per heavy atom. The van der Waals surface area contributed by atoms with Crippen molar-refractivity contribution < 1.29 is 23.8 Å². The molecule has 2 heterocycles. The fraction of sp³-hybridized carbons (Fsp3) is 0.273. The summed E-state index contributed by atoms with van der Waals surface area (Å²) in [5.41, 5.74) is 1.03. The van der Waals surface area contributed by atoms with Crippen molar-refractivity contribution in [2.75, 3.05) is 13.2 Å². The molecular formula is C22H20FNO4. The molecule has 2 atom stereocenters. The van der Waals surface area contributed by atoms with E-state index in [9.17, 15) is 19.1 Å². The molecule has 2 aliphatic rings. The van der Waals surface area contributed by atoms with Crippen molar-refractivity contribution in [2.45, 2.75) is 25.0 Å². The van der Waals surface area contributed by atoms with E-state index < -0.39 is 23.5 Å². The van der Waals surface area contributed by atoms with Crippen LogP contribution in [0.4, 0.5) is 4.39 Å². The van der Waals surface area contributed by atoms with Gasteiger partial charge >= 0.3 is 0 Å². The average Bonchev–Trinajstić information content (AvgIpc) is 3.31. The molecule has 2 saturated heterocycles. The lowest BCUT2D eigenvalue weighted by Crippen LogP contribution is -2.36. The summed E-state index contributed by atoms with van der Waals surface area (Å²) in [6.07, 6.45) is 1.55. The highest BCUT2D eigenvalue weighted by Gasteiger charge is 2.47. The molecular weight excluding hydrogens is 361 g/mol. The summed E-state index contributed by atoms with van der Waals surface area (Å²) < 4.78 is 19.1. The summed E-state index contributed by atoms with van der Waals surface area (Å²) >= 11 is 0. The highest BCUT2D eigenvalue weighted by molar-refractivity contribution is 6.46. The third kappa shape index (κ3) is 3.31. The molecule has 0 bridgehead atoms. The standard InChI is InChI=1S/C22H20FNO4/c23-16-10-8-14(9-11-16)19-18(20(25)15-5-2-1-3-6-15)21(26)22(27)24(19)13-17-7-4-12-28-17/h1-3,5-6,8-11,17,19,25H,4,7,12-13H2/b20-18+/t17-,19-/m1/s1. The lowest BCUT2D eigenvalue weighted by atomic mass is 9.95. The van der Waals surface area contributed by atoms with Gasteiger partial charge in [-0.3, -0.25) is 9.59 Å². The molecule has 28 heavy (non-hydrogen) atoms. The Bertz CT molecular complexity index is 917. The lowest BCUT2D eigenvalue weighted by molar-refractivity contribution is -0.140. The monoisotopic (exact) mass is 381 g/mol. The molecule has 6 heteroatoms. The predicted molar refractivity (Wildman–Crippen MR) is 101 cm³/mol. The number of likely N-dealkylation sites (tertiary alicyclic amines) is 1. The van der Waals surface area contributed by atoms with Crippen molar-refractivity contribution in [3.63, 3.8) is 0 Å². The smallest absolute Gasteiger partial charge is 0.295 e. The molecule has 1 N–H and O–H groups in total. The fourth-order valence-electron chi connectivity index (χ4n) is 3.82. The van der Waals surface area contributed by atoms with Gasteiger partial charge in [0.15, 0.2) is 0 Å². The van der Waals surface area contributed by atoms with Gasteiger partial charge in [0.2, 0.25) is 0 Å². The quantitative estimate of drug-likeness (QED) is 0.501. The van der Waals surface area contributed by atoms with Crippen LogP contribution in [0.15, 0.2) is 60.2 Å². The summed E-state index contributed by atoms with van der Waals surface area (Å²) in [5.74, 6) is -2.07. The average molecular weight is 381 g/mol. The number of amides is 1. The van der Waals surface area contributed by atoms with Crippen LogP contribution in [0.1, 0.15) is 30.0 Å². The Morgan fingerprint density at radius 1 is 1.11 bits per heavy atom. The Hall–Kier alpha value is -2.99. The zero-order valence-electron chi connectivity index (χ0n) is 15.2. The molecule has 0 unspecified atom stereocenters. The van der Waals surface area contributed by atoms with Crippen LogP contribution in [0.5, 0.6) is 0 Å². The highest BCUT2D eigenvalue weighted by Crippen LogP contribution is 2.40. The molecule has 144 valence electrons. The van der Waals surface area contributed by atoms with E-state index in [1.165, 1.54) is 29.2 Å².